The van der Waals surface area contributed by atoms with E-state index in [4.69, 9.17) is 9.62 Å². The van der Waals surface area contributed by atoms with E-state index in [1.807, 2.05) is 19.9 Å². The Morgan fingerprint density at radius 3 is 2.44 bits per heavy atom. The van der Waals surface area contributed by atoms with Gasteiger partial charge in [0.25, 0.3) is 0 Å². The molecule has 0 amide bonds. The van der Waals surface area contributed by atoms with Gasteiger partial charge < -0.3 is 9.62 Å². The first kappa shape index (κ1) is 14.8. The zero-order chi connectivity index (χ0) is 13.9. The van der Waals surface area contributed by atoms with Crippen molar-refractivity contribution in [3.8, 4) is 0 Å². The van der Waals surface area contributed by atoms with Gasteiger partial charge in [-0.3, -0.25) is 0 Å². The van der Waals surface area contributed by atoms with Crippen molar-refractivity contribution in [3.05, 3.63) is 23.2 Å². The quantitative estimate of drug-likeness (QED) is 0.586. The van der Waals surface area contributed by atoms with E-state index in [2.05, 4.69) is 32.9 Å². The molecule has 1 aliphatic carbocycles. The van der Waals surface area contributed by atoms with Crippen molar-refractivity contribution >= 4 is 5.71 Å². The number of nitrogens with zero attached hydrogens (tertiary/aromatic N) is 1. The smallest absolute Gasteiger partial charge is 0.113 e. The standard InChI is InChI=1S/C13H19NO2.C2H6/c1-8(2)11-7-9-10(16-11)5-6-13(3,4)12(9)14-15;1-2/h7-8,15H,5-6H2,1-4H3;1-2H3/b14-12+;. The largest absolute Gasteiger partial charge is 0.465 e. The molecule has 0 unspecified atom stereocenters. The van der Waals surface area contributed by atoms with Crippen LogP contribution in [-0.4, -0.2) is 10.9 Å². The van der Waals surface area contributed by atoms with Crippen LogP contribution < -0.4 is 0 Å². The summed E-state index contributed by atoms with van der Waals surface area (Å²) in [4.78, 5) is 0. The van der Waals surface area contributed by atoms with Crippen molar-refractivity contribution in [2.45, 2.75) is 60.3 Å². The van der Waals surface area contributed by atoms with Crippen LogP contribution in [0.2, 0.25) is 0 Å². The van der Waals surface area contributed by atoms with Crippen LogP contribution in [0.4, 0.5) is 0 Å². The van der Waals surface area contributed by atoms with E-state index >= 15 is 0 Å². The van der Waals surface area contributed by atoms with Gasteiger partial charge in [0.15, 0.2) is 0 Å². The van der Waals surface area contributed by atoms with Crippen molar-refractivity contribution in [1.29, 1.82) is 0 Å². The summed E-state index contributed by atoms with van der Waals surface area (Å²) in [5, 5.41) is 12.6. The second-order valence-corrected chi connectivity index (χ2v) is 5.47. The van der Waals surface area contributed by atoms with E-state index in [0.29, 0.717) is 5.92 Å². The van der Waals surface area contributed by atoms with Gasteiger partial charge in [-0.15, -0.1) is 0 Å². The van der Waals surface area contributed by atoms with Gasteiger partial charge in [0, 0.05) is 23.3 Å². The molecular weight excluding hydrogens is 226 g/mol. The highest BCUT2D eigenvalue weighted by molar-refractivity contribution is 6.05. The lowest BCUT2D eigenvalue weighted by molar-refractivity contribution is 0.303. The van der Waals surface area contributed by atoms with Gasteiger partial charge in [-0.25, -0.2) is 0 Å². The zero-order valence-corrected chi connectivity index (χ0v) is 12.4. The molecule has 1 aromatic heterocycles. The topological polar surface area (TPSA) is 45.7 Å². The molecule has 102 valence electrons. The SMILES string of the molecule is CC.CC(C)c1cc2c(o1)CCC(C)(C)/C2=N/O. The summed E-state index contributed by atoms with van der Waals surface area (Å²) < 4.78 is 5.80. The molecule has 1 aliphatic rings. The van der Waals surface area contributed by atoms with E-state index in [1.165, 1.54) is 0 Å². The minimum atomic E-state index is -0.0696. The van der Waals surface area contributed by atoms with E-state index in [9.17, 15) is 0 Å². The number of fused-ring (bicyclic) bond motifs is 1. The maximum Gasteiger partial charge on any atom is 0.113 e. The second-order valence-electron chi connectivity index (χ2n) is 5.47. The molecule has 2 rings (SSSR count). The van der Waals surface area contributed by atoms with Crippen LogP contribution in [0.15, 0.2) is 15.6 Å². The lowest BCUT2D eigenvalue weighted by Gasteiger charge is -2.29. The number of hydrogen-bond donors (Lipinski definition) is 1. The van der Waals surface area contributed by atoms with Crippen LogP contribution in [0.1, 0.15) is 71.0 Å². The predicted molar refractivity (Wildman–Crippen MR) is 74.6 cm³/mol. The molecular formula is C15H25NO2. The number of oxime groups is 1. The van der Waals surface area contributed by atoms with Crippen LogP contribution in [0.3, 0.4) is 0 Å². The summed E-state index contributed by atoms with van der Waals surface area (Å²) in [6.45, 7) is 12.4. The van der Waals surface area contributed by atoms with Crippen molar-refractivity contribution in [1.82, 2.24) is 0 Å². The van der Waals surface area contributed by atoms with Gasteiger partial charge in [-0.05, 0) is 12.5 Å². The Labute approximate surface area is 110 Å². The molecule has 1 heterocycles. The van der Waals surface area contributed by atoms with Crippen molar-refractivity contribution in [2.24, 2.45) is 10.6 Å². The van der Waals surface area contributed by atoms with Crippen molar-refractivity contribution in [3.63, 3.8) is 0 Å². The fourth-order valence-corrected chi connectivity index (χ4v) is 2.22. The number of aryl methyl sites for hydroxylation is 1. The molecule has 0 atom stereocenters. The average molecular weight is 251 g/mol. The van der Waals surface area contributed by atoms with Gasteiger partial charge in [0.1, 0.15) is 11.5 Å². The molecule has 0 spiro atoms. The Morgan fingerprint density at radius 2 is 1.94 bits per heavy atom. The Hall–Kier alpha value is -1.25. The van der Waals surface area contributed by atoms with Crippen LogP contribution in [0.5, 0.6) is 0 Å². The summed E-state index contributed by atoms with van der Waals surface area (Å²) in [6.07, 6.45) is 1.89. The molecule has 3 heteroatoms. The van der Waals surface area contributed by atoms with Gasteiger partial charge in [-0.2, -0.15) is 0 Å². The normalized spacial score (nSPS) is 19.4. The van der Waals surface area contributed by atoms with Gasteiger partial charge >= 0.3 is 0 Å². The third-order valence-corrected chi connectivity index (χ3v) is 3.37. The lowest BCUT2D eigenvalue weighted by Crippen LogP contribution is -2.30. The highest BCUT2D eigenvalue weighted by Crippen LogP contribution is 2.37. The Balaban J connectivity index is 0.000000771. The number of rotatable bonds is 1. The zero-order valence-electron chi connectivity index (χ0n) is 12.4. The first-order chi connectivity index (χ1) is 8.45. The summed E-state index contributed by atoms with van der Waals surface area (Å²) >= 11 is 0. The van der Waals surface area contributed by atoms with E-state index in [1.54, 1.807) is 0 Å². The first-order valence-corrected chi connectivity index (χ1v) is 6.81. The molecule has 18 heavy (non-hydrogen) atoms. The highest BCUT2D eigenvalue weighted by atomic mass is 16.4. The fraction of sp³-hybridized carbons (Fsp3) is 0.667. The van der Waals surface area contributed by atoms with Gasteiger partial charge in [-0.1, -0.05) is 46.7 Å². The third kappa shape index (κ3) is 2.60. The maximum atomic E-state index is 9.17. The Bertz CT molecular complexity index is 428. The highest BCUT2D eigenvalue weighted by Gasteiger charge is 2.35. The molecule has 0 bridgehead atoms. The molecule has 0 aliphatic heterocycles. The first-order valence-electron chi connectivity index (χ1n) is 6.81. The number of hydrogen-bond acceptors (Lipinski definition) is 3. The van der Waals surface area contributed by atoms with Crippen molar-refractivity contribution in [2.75, 3.05) is 0 Å². The number of furan rings is 1. The minimum Gasteiger partial charge on any atom is -0.465 e. The lowest BCUT2D eigenvalue weighted by atomic mass is 9.75. The Morgan fingerprint density at radius 1 is 1.33 bits per heavy atom. The maximum absolute atomic E-state index is 9.17. The summed E-state index contributed by atoms with van der Waals surface area (Å²) in [5.74, 6) is 2.31. The molecule has 0 saturated heterocycles. The molecule has 0 radical (unpaired) electrons. The summed E-state index contributed by atoms with van der Waals surface area (Å²) in [6, 6.07) is 2.02. The van der Waals surface area contributed by atoms with E-state index in [-0.39, 0.29) is 5.41 Å². The molecule has 0 aromatic carbocycles. The molecule has 0 fully saturated rings. The van der Waals surface area contributed by atoms with Crippen molar-refractivity contribution < 1.29 is 9.62 Å². The molecule has 1 aromatic rings. The minimum absolute atomic E-state index is 0.0696. The van der Waals surface area contributed by atoms with Crippen LogP contribution in [0, 0.1) is 5.41 Å². The van der Waals surface area contributed by atoms with E-state index < -0.39 is 0 Å². The second kappa shape index (κ2) is 5.59. The molecule has 3 nitrogen and oxygen atoms in total. The van der Waals surface area contributed by atoms with Gasteiger partial charge in [0.2, 0.25) is 0 Å². The van der Waals surface area contributed by atoms with Crippen LogP contribution >= 0.6 is 0 Å². The monoisotopic (exact) mass is 251 g/mol. The summed E-state index contributed by atoms with van der Waals surface area (Å²) in [7, 11) is 0. The molecule has 0 saturated carbocycles. The third-order valence-electron chi connectivity index (χ3n) is 3.37. The summed E-state index contributed by atoms with van der Waals surface area (Å²) in [5.41, 5.74) is 1.67. The predicted octanol–water partition coefficient (Wildman–Crippen LogP) is 4.58. The van der Waals surface area contributed by atoms with Gasteiger partial charge in [0.05, 0.1) is 5.71 Å². The Kier molecular flexibility index (Phi) is 4.60. The van der Waals surface area contributed by atoms with Crippen LogP contribution in [-0.2, 0) is 6.42 Å². The molecule has 1 N–H and O–H groups in total. The average Bonchev–Trinajstić information content (AvgIpc) is 2.74. The fourth-order valence-electron chi connectivity index (χ4n) is 2.22. The van der Waals surface area contributed by atoms with Crippen LogP contribution in [0.25, 0.3) is 0 Å². The van der Waals surface area contributed by atoms with E-state index in [0.717, 1.165) is 35.6 Å².